The van der Waals surface area contributed by atoms with Gasteiger partial charge in [-0.25, -0.2) is 8.42 Å². The van der Waals surface area contributed by atoms with Crippen molar-refractivity contribution in [2.75, 3.05) is 0 Å². The van der Waals surface area contributed by atoms with Crippen molar-refractivity contribution < 1.29 is 13.2 Å². The van der Waals surface area contributed by atoms with Crippen molar-refractivity contribution >= 4 is 26.7 Å². The molecule has 2 N–H and O–H groups in total. The molecule has 0 fully saturated rings. The lowest BCUT2D eigenvalue weighted by atomic mass is 10.1. The van der Waals surface area contributed by atoms with Crippen LogP contribution in [0.3, 0.4) is 0 Å². The van der Waals surface area contributed by atoms with Gasteiger partial charge in [0.05, 0.1) is 4.90 Å². The second kappa shape index (κ2) is 5.38. The summed E-state index contributed by atoms with van der Waals surface area (Å²) in [6.07, 6.45) is 0.209. The highest BCUT2D eigenvalue weighted by Crippen LogP contribution is 2.18. The van der Waals surface area contributed by atoms with Crippen molar-refractivity contribution in [2.24, 2.45) is 0 Å². The number of hydrogen-bond donors (Lipinski definition) is 2. The Morgan fingerprint density at radius 2 is 1.79 bits per heavy atom. The van der Waals surface area contributed by atoms with Gasteiger partial charge in [-0.1, -0.05) is 37.3 Å². The summed E-state index contributed by atoms with van der Waals surface area (Å²) in [7, 11) is -3.74. The molecule has 2 rings (SSSR count). The highest BCUT2D eigenvalue weighted by Gasteiger charge is 2.14. The van der Waals surface area contributed by atoms with Gasteiger partial charge in [-0.3, -0.25) is 10.2 Å². The quantitative estimate of drug-likeness (QED) is 0.833. The van der Waals surface area contributed by atoms with E-state index in [-0.39, 0.29) is 17.2 Å². The summed E-state index contributed by atoms with van der Waals surface area (Å²) in [5.74, 6) is -0.385. The Labute approximate surface area is 111 Å². The van der Waals surface area contributed by atoms with Gasteiger partial charge in [-0.05, 0) is 22.9 Å². The standard InChI is InChI=1S/C13H14N2O3S/c1-2-13(16)14-15-19(17,18)12-8-7-10-5-3-4-6-11(10)9-12/h3-9,15H,2H2,1H3,(H,14,16). The molecule has 0 bridgehead atoms. The van der Waals surface area contributed by atoms with Gasteiger partial charge in [0.1, 0.15) is 0 Å². The van der Waals surface area contributed by atoms with E-state index in [2.05, 4.69) is 10.3 Å². The van der Waals surface area contributed by atoms with Crippen molar-refractivity contribution in [2.45, 2.75) is 18.2 Å². The Hall–Kier alpha value is -1.92. The van der Waals surface area contributed by atoms with Gasteiger partial charge in [0.25, 0.3) is 10.0 Å². The van der Waals surface area contributed by atoms with Crippen LogP contribution < -0.4 is 10.3 Å². The molecule has 5 nitrogen and oxygen atoms in total. The van der Waals surface area contributed by atoms with Crippen molar-refractivity contribution in [1.29, 1.82) is 0 Å². The summed E-state index contributed by atoms with van der Waals surface area (Å²) < 4.78 is 23.9. The molecule has 0 spiro atoms. The fourth-order valence-electron chi connectivity index (χ4n) is 1.61. The molecule has 0 atom stereocenters. The largest absolute Gasteiger partial charge is 0.278 e. The topological polar surface area (TPSA) is 75.3 Å². The number of hydrogen-bond acceptors (Lipinski definition) is 3. The van der Waals surface area contributed by atoms with E-state index in [9.17, 15) is 13.2 Å². The predicted molar refractivity (Wildman–Crippen MR) is 72.7 cm³/mol. The van der Waals surface area contributed by atoms with Crippen LogP contribution in [0.4, 0.5) is 0 Å². The van der Waals surface area contributed by atoms with E-state index >= 15 is 0 Å². The molecule has 6 heteroatoms. The maximum atomic E-state index is 12.0. The minimum atomic E-state index is -3.74. The Bertz CT molecular complexity index is 711. The zero-order chi connectivity index (χ0) is 13.9. The van der Waals surface area contributed by atoms with Crippen molar-refractivity contribution in [3.63, 3.8) is 0 Å². The van der Waals surface area contributed by atoms with E-state index < -0.39 is 10.0 Å². The number of hydrazine groups is 1. The first-order valence-electron chi connectivity index (χ1n) is 5.82. The number of carbonyl (C=O) groups is 1. The lowest BCUT2D eigenvalue weighted by Gasteiger charge is -2.08. The van der Waals surface area contributed by atoms with E-state index in [4.69, 9.17) is 0 Å². The molecule has 0 aliphatic rings. The van der Waals surface area contributed by atoms with Gasteiger partial charge >= 0.3 is 0 Å². The molecule has 2 aromatic rings. The lowest BCUT2D eigenvalue weighted by Crippen LogP contribution is -2.41. The van der Waals surface area contributed by atoms with Gasteiger partial charge in [0.15, 0.2) is 0 Å². The van der Waals surface area contributed by atoms with Crippen LogP contribution in [-0.4, -0.2) is 14.3 Å². The highest BCUT2D eigenvalue weighted by molar-refractivity contribution is 7.89. The zero-order valence-electron chi connectivity index (χ0n) is 10.4. The first-order valence-corrected chi connectivity index (χ1v) is 7.30. The van der Waals surface area contributed by atoms with Crippen LogP contribution in [-0.2, 0) is 14.8 Å². The van der Waals surface area contributed by atoms with Crippen LogP contribution in [0, 0.1) is 0 Å². The molecule has 100 valence electrons. The fraction of sp³-hybridized carbons (Fsp3) is 0.154. The minimum Gasteiger partial charge on any atom is -0.278 e. The van der Waals surface area contributed by atoms with Gasteiger partial charge < -0.3 is 0 Å². The van der Waals surface area contributed by atoms with Crippen molar-refractivity contribution in [1.82, 2.24) is 10.3 Å². The van der Waals surface area contributed by atoms with Gasteiger partial charge in [-0.2, -0.15) is 0 Å². The summed E-state index contributed by atoms with van der Waals surface area (Å²) in [4.78, 5) is 13.2. The summed E-state index contributed by atoms with van der Waals surface area (Å²) in [6, 6.07) is 12.3. The fourth-order valence-corrected chi connectivity index (χ4v) is 2.50. The first kappa shape index (κ1) is 13.5. The highest BCUT2D eigenvalue weighted by atomic mass is 32.2. The molecule has 2 aromatic carbocycles. The Morgan fingerprint density at radius 1 is 1.11 bits per heavy atom. The normalized spacial score (nSPS) is 11.4. The zero-order valence-corrected chi connectivity index (χ0v) is 11.2. The lowest BCUT2D eigenvalue weighted by molar-refractivity contribution is -0.121. The minimum absolute atomic E-state index is 0.114. The summed E-state index contributed by atoms with van der Waals surface area (Å²) in [5.41, 5.74) is 2.14. The Morgan fingerprint density at radius 3 is 2.47 bits per heavy atom. The van der Waals surface area contributed by atoms with Gasteiger partial charge in [-0.15, -0.1) is 4.83 Å². The average molecular weight is 278 g/mol. The number of sulfonamides is 1. The summed E-state index contributed by atoms with van der Waals surface area (Å²) in [5, 5.41) is 1.78. The number of amides is 1. The average Bonchev–Trinajstić information content (AvgIpc) is 2.44. The molecule has 0 aromatic heterocycles. The molecule has 19 heavy (non-hydrogen) atoms. The first-order chi connectivity index (χ1) is 9.03. The van der Waals surface area contributed by atoms with Gasteiger partial charge in [0, 0.05) is 6.42 Å². The van der Waals surface area contributed by atoms with E-state index in [0.29, 0.717) is 0 Å². The number of nitrogens with one attached hydrogen (secondary N) is 2. The third-order valence-electron chi connectivity index (χ3n) is 2.68. The van der Waals surface area contributed by atoms with Crippen LogP contribution in [0.5, 0.6) is 0 Å². The maximum absolute atomic E-state index is 12.0. The second-order valence-corrected chi connectivity index (χ2v) is 5.70. The second-order valence-electron chi connectivity index (χ2n) is 4.02. The number of rotatable bonds is 4. The number of benzene rings is 2. The van der Waals surface area contributed by atoms with Crippen LogP contribution in [0.2, 0.25) is 0 Å². The van der Waals surface area contributed by atoms with E-state index in [1.165, 1.54) is 6.07 Å². The van der Waals surface area contributed by atoms with Gasteiger partial charge in [0.2, 0.25) is 5.91 Å². The number of fused-ring (bicyclic) bond motifs is 1. The molecular weight excluding hydrogens is 264 g/mol. The monoisotopic (exact) mass is 278 g/mol. The maximum Gasteiger partial charge on any atom is 0.257 e. The van der Waals surface area contributed by atoms with Crippen LogP contribution in [0.25, 0.3) is 10.8 Å². The third-order valence-corrected chi connectivity index (χ3v) is 3.92. The van der Waals surface area contributed by atoms with Crippen LogP contribution >= 0.6 is 0 Å². The Kier molecular flexibility index (Phi) is 3.82. The Balaban J connectivity index is 2.30. The predicted octanol–water partition coefficient (Wildman–Crippen LogP) is 1.56. The SMILES string of the molecule is CCC(=O)NNS(=O)(=O)c1ccc2ccccc2c1. The van der Waals surface area contributed by atoms with Crippen molar-refractivity contribution in [3.8, 4) is 0 Å². The summed E-state index contributed by atoms with van der Waals surface area (Å²) in [6.45, 7) is 1.64. The van der Waals surface area contributed by atoms with Crippen molar-refractivity contribution in [3.05, 3.63) is 42.5 Å². The molecule has 0 aliphatic carbocycles. The number of carbonyl (C=O) groups excluding carboxylic acids is 1. The molecule has 0 saturated carbocycles. The van der Waals surface area contributed by atoms with E-state index in [0.717, 1.165) is 10.8 Å². The molecule has 0 aliphatic heterocycles. The third kappa shape index (κ3) is 3.10. The molecule has 0 unspecified atom stereocenters. The molecule has 0 radical (unpaired) electrons. The molecular formula is C13H14N2O3S. The molecule has 0 heterocycles. The molecule has 1 amide bonds. The smallest absolute Gasteiger partial charge is 0.257 e. The van der Waals surface area contributed by atoms with E-state index in [1.54, 1.807) is 19.1 Å². The van der Waals surface area contributed by atoms with E-state index in [1.807, 2.05) is 24.3 Å². The van der Waals surface area contributed by atoms with Crippen LogP contribution in [0.1, 0.15) is 13.3 Å². The summed E-state index contributed by atoms with van der Waals surface area (Å²) >= 11 is 0. The van der Waals surface area contributed by atoms with Crippen LogP contribution in [0.15, 0.2) is 47.4 Å². The molecule has 0 saturated heterocycles.